The lowest BCUT2D eigenvalue weighted by Gasteiger charge is -2.44. The molecule has 3 aliphatic heterocycles. The predicted octanol–water partition coefficient (Wildman–Crippen LogP) is 3.21. The zero-order chi connectivity index (χ0) is 20.0. The average Bonchev–Trinajstić information content (AvgIpc) is 3.13. The summed E-state index contributed by atoms with van der Waals surface area (Å²) in [5.41, 5.74) is 8.09. The van der Waals surface area contributed by atoms with Crippen molar-refractivity contribution in [3.63, 3.8) is 0 Å². The lowest BCUT2D eigenvalue weighted by atomic mass is 9.84. The summed E-state index contributed by atoms with van der Waals surface area (Å²) in [6.45, 7) is 3.16. The van der Waals surface area contributed by atoms with Crippen LogP contribution in [0.4, 0.5) is 4.79 Å². The number of hydrogen-bond donors (Lipinski definition) is 1. The molecule has 1 unspecified atom stereocenters. The quantitative estimate of drug-likeness (QED) is 0.548. The second kappa shape index (κ2) is 7.00. The third-order valence-electron chi connectivity index (χ3n) is 6.14. The fraction of sp³-hybridized carbons (Fsp3) is 0.318. The van der Waals surface area contributed by atoms with Crippen molar-refractivity contribution in [2.24, 2.45) is 11.7 Å². The molecule has 29 heavy (non-hydrogen) atoms. The summed E-state index contributed by atoms with van der Waals surface area (Å²) in [6, 6.07) is 16.1. The molecule has 3 fully saturated rings. The molecule has 3 aliphatic rings. The summed E-state index contributed by atoms with van der Waals surface area (Å²) < 4.78 is 6.62. The van der Waals surface area contributed by atoms with Crippen molar-refractivity contribution in [2.45, 2.75) is 18.9 Å². The number of rotatable bonds is 3. The van der Waals surface area contributed by atoms with Crippen molar-refractivity contribution >= 4 is 23.0 Å². The number of amides is 1. The minimum absolute atomic E-state index is 0.132. The van der Waals surface area contributed by atoms with Crippen LogP contribution < -0.4 is 5.73 Å². The molecule has 0 saturated carbocycles. The van der Waals surface area contributed by atoms with Gasteiger partial charge in [-0.25, -0.2) is 9.59 Å². The van der Waals surface area contributed by atoms with Gasteiger partial charge in [0.1, 0.15) is 0 Å². The summed E-state index contributed by atoms with van der Waals surface area (Å²) in [7, 11) is 0. The maximum Gasteiger partial charge on any atom is 0.412 e. The van der Waals surface area contributed by atoms with Crippen molar-refractivity contribution in [3.8, 4) is 11.1 Å². The molecule has 6 rings (SSSR count). The number of primary amides is 1. The Bertz CT molecular complexity index is 1080. The zero-order valence-electron chi connectivity index (χ0n) is 16.0. The van der Waals surface area contributed by atoms with Gasteiger partial charge in [0.05, 0.1) is 11.6 Å². The first-order chi connectivity index (χ1) is 14.1. The van der Waals surface area contributed by atoms with Crippen LogP contribution in [0.5, 0.6) is 0 Å². The Kier molecular flexibility index (Phi) is 4.32. The highest BCUT2D eigenvalue weighted by Crippen LogP contribution is 2.38. The van der Waals surface area contributed by atoms with Gasteiger partial charge in [-0.1, -0.05) is 36.4 Å². The molecule has 1 aromatic heterocycles. The van der Waals surface area contributed by atoms with Crippen LogP contribution in [0, 0.1) is 5.92 Å². The fourth-order valence-corrected chi connectivity index (χ4v) is 4.71. The standard InChI is InChI=1S/C22H22N4O3/c23-22(28)29-21(27)20-17-12-16(14-4-2-1-3-5-14)6-7-18(17)26(24-20)19-13-25-10-8-15(19)9-11-25/h1-7,12,15,19H,8-11,13H2,(H2,23,28). The van der Waals surface area contributed by atoms with E-state index in [1.807, 2.05) is 53.2 Å². The maximum absolute atomic E-state index is 12.6. The van der Waals surface area contributed by atoms with Crippen LogP contribution in [-0.2, 0) is 4.74 Å². The Balaban J connectivity index is 1.64. The third kappa shape index (κ3) is 3.17. The number of nitrogens with zero attached hydrogens (tertiary/aromatic N) is 3. The normalized spacial score (nSPS) is 23.2. The van der Waals surface area contributed by atoms with E-state index in [0.29, 0.717) is 11.3 Å². The largest absolute Gasteiger partial charge is 0.412 e. The van der Waals surface area contributed by atoms with Crippen LogP contribution in [0.3, 0.4) is 0 Å². The van der Waals surface area contributed by atoms with Crippen molar-refractivity contribution in [1.29, 1.82) is 0 Å². The van der Waals surface area contributed by atoms with Crippen LogP contribution in [-0.4, -0.2) is 46.4 Å². The van der Waals surface area contributed by atoms with E-state index in [9.17, 15) is 9.59 Å². The van der Waals surface area contributed by atoms with Gasteiger partial charge in [0, 0.05) is 11.9 Å². The van der Waals surface area contributed by atoms with Gasteiger partial charge >= 0.3 is 12.1 Å². The van der Waals surface area contributed by atoms with Crippen LogP contribution in [0.25, 0.3) is 22.0 Å². The monoisotopic (exact) mass is 390 g/mol. The molecule has 3 saturated heterocycles. The molecule has 1 amide bonds. The van der Waals surface area contributed by atoms with Crippen LogP contribution in [0.1, 0.15) is 29.4 Å². The molecule has 7 nitrogen and oxygen atoms in total. The van der Waals surface area contributed by atoms with E-state index in [2.05, 4.69) is 14.7 Å². The number of carbonyl (C=O) groups excluding carboxylic acids is 2. The second-order valence-electron chi connectivity index (χ2n) is 7.81. The average molecular weight is 390 g/mol. The molecular formula is C22H22N4O3. The number of ether oxygens (including phenoxy) is 1. The highest BCUT2D eigenvalue weighted by Gasteiger charge is 2.37. The molecule has 2 bridgehead atoms. The minimum atomic E-state index is -1.13. The topological polar surface area (TPSA) is 90.5 Å². The van der Waals surface area contributed by atoms with Crippen molar-refractivity contribution in [2.75, 3.05) is 19.6 Å². The number of benzene rings is 2. The van der Waals surface area contributed by atoms with E-state index < -0.39 is 12.1 Å². The van der Waals surface area contributed by atoms with Gasteiger partial charge in [-0.15, -0.1) is 0 Å². The molecule has 2 N–H and O–H groups in total. The zero-order valence-corrected chi connectivity index (χ0v) is 16.0. The van der Waals surface area contributed by atoms with Gasteiger partial charge in [0.15, 0.2) is 5.69 Å². The summed E-state index contributed by atoms with van der Waals surface area (Å²) in [5, 5.41) is 5.30. The molecule has 3 aromatic rings. The lowest BCUT2D eigenvalue weighted by molar-refractivity contribution is 0.0518. The number of hydrogen-bond acceptors (Lipinski definition) is 5. The third-order valence-corrected chi connectivity index (χ3v) is 6.14. The SMILES string of the molecule is NC(=O)OC(=O)c1nn(C2CN3CCC2CC3)c2ccc(-c3ccccc3)cc12. The lowest BCUT2D eigenvalue weighted by Crippen LogP contribution is -2.48. The highest BCUT2D eigenvalue weighted by atomic mass is 16.6. The molecule has 4 heterocycles. The highest BCUT2D eigenvalue weighted by molar-refractivity contribution is 6.06. The van der Waals surface area contributed by atoms with Gasteiger partial charge in [-0.05, 0) is 55.1 Å². The fourth-order valence-electron chi connectivity index (χ4n) is 4.71. The van der Waals surface area contributed by atoms with Gasteiger partial charge < -0.3 is 15.4 Å². The van der Waals surface area contributed by atoms with Gasteiger partial charge in [0.25, 0.3) is 0 Å². The molecule has 0 aliphatic carbocycles. The van der Waals surface area contributed by atoms with Crippen molar-refractivity contribution in [1.82, 2.24) is 14.7 Å². The molecule has 148 valence electrons. The number of aromatic nitrogens is 2. The first-order valence-electron chi connectivity index (χ1n) is 9.92. The van der Waals surface area contributed by atoms with E-state index in [1.165, 1.54) is 0 Å². The Morgan fingerprint density at radius 2 is 1.79 bits per heavy atom. The summed E-state index contributed by atoms with van der Waals surface area (Å²) in [5.74, 6) is -0.273. The van der Waals surface area contributed by atoms with Crippen LogP contribution in [0.15, 0.2) is 48.5 Å². The van der Waals surface area contributed by atoms with E-state index in [4.69, 9.17) is 5.73 Å². The Hall–Kier alpha value is -3.19. The number of carbonyl (C=O) groups is 2. The first-order valence-corrected chi connectivity index (χ1v) is 9.92. The Morgan fingerprint density at radius 3 is 2.45 bits per heavy atom. The molecule has 7 heteroatoms. The number of piperidine rings is 3. The first kappa shape index (κ1) is 17.9. The number of fused-ring (bicyclic) bond motifs is 4. The van der Waals surface area contributed by atoms with Gasteiger partial charge in [-0.3, -0.25) is 4.68 Å². The summed E-state index contributed by atoms with van der Waals surface area (Å²) >= 11 is 0. The Labute approximate surface area is 168 Å². The van der Waals surface area contributed by atoms with Crippen LogP contribution in [0.2, 0.25) is 0 Å². The molecule has 2 aromatic carbocycles. The second-order valence-corrected chi connectivity index (χ2v) is 7.81. The smallest absolute Gasteiger partial charge is 0.371 e. The van der Waals surface area contributed by atoms with E-state index in [-0.39, 0.29) is 11.7 Å². The summed E-state index contributed by atoms with van der Waals surface area (Å²) in [6.07, 6.45) is 1.14. The number of esters is 1. The van der Waals surface area contributed by atoms with Gasteiger partial charge in [-0.2, -0.15) is 5.10 Å². The van der Waals surface area contributed by atoms with E-state index >= 15 is 0 Å². The predicted molar refractivity (Wildman–Crippen MR) is 108 cm³/mol. The molecule has 0 spiro atoms. The maximum atomic E-state index is 12.6. The molecule has 1 atom stereocenters. The van der Waals surface area contributed by atoms with Crippen LogP contribution >= 0.6 is 0 Å². The molecule has 0 radical (unpaired) electrons. The Morgan fingerprint density at radius 1 is 1.03 bits per heavy atom. The van der Waals surface area contributed by atoms with Crippen molar-refractivity contribution in [3.05, 3.63) is 54.2 Å². The van der Waals surface area contributed by atoms with E-state index in [1.54, 1.807) is 0 Å². The van der Waals surface area contributed by atoms with Crippen molar-refractivity contribution < 1.29 is 14.3 Å². The minimum Gasteiger partial charge on any atom is -0.371 e. The van der Waals surface area contributed by atoms with Gasteiger partial charge in [0.2, 0.25) is 0 Å². The molecular weight excluding hydrogens is 368 g/mol. The number of nitrogens with two attached hydrogens (primary N) is 1. The summed E-state index contributed by atoms with van der Waals surface area (Å²) in [4.78, 5) is 26.2. The van der Waals surface area contributed by atoms with E-state index in [0.717, 1.165) is 49.1 Å².